The molecule has 2 aromatic rings. The minimum atomic E-state index is -1.06. The second-order valence-electron chi connectivity index (χ2n) is 4.32. The maximum absolute atomic E-state index is 11.9. The van der Waals surface area contributed by atoms with Gasteiger partial charge in [-0.3, -0.25) is 4.79 Å². The van der Waals surface area contributed by atoms with E-state index >= 15 is 0 Å². The van der Waals surface area contributed by atoms with E-state index in [0.717, 1.165) is 5.75 Å². The van der Waals surface area contributed by atoms with Gasteiger partial charge in [0.1, 0.15) is 0 Å². The second-order valence-corrected chi connectivity index (χ2v) is 6.34. The van der Waals surface area contributed by atoms with Crippen molar-refractivity contribution in [1.82, 2.24) is 5.32 Å². The van der Waals surface area contributed by atoms with Crippen LogP contribution >= 0.6 is 23.1 Å². The number of nitrogens with one attached hydrogen (secondary N) is 1. The number of hydrogen-bond donors (Lipinski definition) is 2. The second kappa shape index (κ2) is 7.85. The highest BCUT2D eigenvalue weighted by Gasteiger charge is 2.21. The van der Waals surface area contributed by atoms with Crippen LogP contribution < -0.4 is 5.32 Å². The zero-order valence-corrected chi connectivity index (χ0v) is 12.8. The first-order valence-corrected chi connectivity index (χ1v) is 8.37. The Morgan fingerprint density at radius 1 is 1.19 bits per heavy atom. The minimum absolute atomic E-state index is 0.245. The van der Waals surface area contributed by atoms with E-state index < -0.39 is 12.0 Å². The van der Waals surface area contributed by atoms with Gasteiger partial charge < -0.3 is 10.4 Å². The van der Waals surface area contributed by atoms with E-state index in [2.05, 4.69) is 5.32 Å². The summed E-state index contributed by atoms with van der Waals surface area (Å²) in [5.41, 5.74) is 0.571. The van der Waals surface area contributed by atoms with Crippen molar-refractivity contribution in [1.29, 1.82) is 0 Å². The largest absolute Gasteiger partial charge is 0.479 e. The van der Waals surface area contributed by atoms with Gasteiger partial charge in [-0.15, -0.1) is 23.1 Å². The molecule has 0 radical (unpaired) electrons. The molecule has 2 N–H and O–H groups in total. The van der Waals surface area contributed by atoms with Gasteiger partial charge in [0.15, 0.2) is 6.04 Å². The SMILES string of the molecule is O=C(CSCc1cccs1)N[C@H](C(=O)O)c1ccccc1. The van der Waals surface area contributed by atoms with Crippen LogP contribution in [0.15, 0.2) is 47.8 Å². The third-order valence-corrected chi connectivity index (χ3v) is 4.78. The molecule has 1 aromatic heterocycles. The fourth-order valence-electron chi connectivity index (χ4n) is 1.77. The van der Waals surface area contributed by atoms with Gasteiger partial charge in [0, 0.05) is 10.6 Å². The molecule has 0 aliphatic heterocycles. The summed E-state index contributed by atoms with van der Waals surface area (Å²) in [6.45, 7) is 0. The van der Waals surface area contributed by atoms with Crippen LogP contribution in [0.5, 0.6) is 0 Å². The fraction of sp³-hybridized carbons (Fsp3) is 0.200. The lowest BCUT2D eigenvalue weighted by Gasteiger charge is -2.14. The Labute approximate surface area is 131 Å². The van der Waals surface area contributed by atoms with Crippen molar-refractivity contribution >= 4 is 35.0 Å². The standard InChI is InChI=1S/C15H15NO3S2/c17-13(10-20-9-12-7-4-8-21-12)16-14(15(18)19)11-5-2-1-3-6-11/h1-8,14H,9-10H2,(H,16,17)(H,18,19)/t14-/m0/s1. The number of rotatable bonds is 7. The van der Waals surface area contributed by atoms with Crippen molar-refractivity contribution in [2.45, 2.75) is 11.8 Å². The quantitative estimate of drug-likeness (QED) is 0.823. The molecule has 0 fully saturated rings. The number of amides is 1. The predicted molar refractivity (Wildman–Crippen MR) is 85.4 cm³/mol. The molecule has 0 aliphatic rings. The fourth-order valence-corrected chi connectivity index (χ4v) is 3.45. The van der Waals surface area contributed by atoms with E-state index in [9.17, 15) is 14.7 Å². The average molecular weight is 321 g/mol. The molecule has 4 nitrogen and oxygen atoms in total. The third kappa shape index (κ3) is 4.91. The molecule has 1 heterocycles. The molecule has 0 saturated carbocycles. The lowest BCUT2D eigenvalue weighted by molar-refractivity contribution is -0.141. The highest BCUT2D eigenvalue weighted by atomic mass is 32.2. The van der Waals surface area contributed by atoms with E-state index in [1.54, 1.807) is 41.7 Å². The van der Waals surface area contributed by atoms with Gasteiger partial charge in [-0.05, 0) is 17.0 Å². The highest BCUT2D eigenvalue weighted by molar-refractivity contribution is 7.99. The summed E-state index contributed by atoms with van der Waals surface area (Å²) < 4.78 is 0. The van der Waals surface area contributed by atoms with Gasteiger partial charge in [0.25, 0.3) is 0 Å². The van der Waals surface area contributed by atoms with Crippen LogP contribution in [0.1, 0.15) is 16.5 Å². The summed E-state index contributed by atoms with van der Waals surface area (Å²) in [7, 11) is 0. The van der Waals surface area contributed by atoms with Gasteiger partial charge >= 0.3 is 5.97 Å². The summed E-state index contributed by atoms with van der Waals surface area (Å²) in [6.07, 6.45) is 0. The van der Waals surface area contributed by atoms with Gasteiger partial charge in [-0.2, -0.15) is 0 Å². The number of carbonyl (C=O) groups is 2. The summed E-state index contributed by atoms with van der Waals surface area (Å²) in [5, 5.41) is 13.8. The van der Waals surface area contributed by atoms with Crippen molar-refractivity contribution < 1.29 is 14.7 Å². The molecule has 2 rings (SSSR count). The third-order valence-electron chi connectivity index (χ3n) is 2.74. The summed E-state index contributed by atoms with van der Waals surface area (Å²) in [6, 6.07) is 11.7. The lowest BCUT2D eigenvalue weighted by atomic mass is 10.1. The summed E-state index contributed by atoms with van der Waals surface area (Å²) >= 11 is 3.12. The molecule has 1 amide bonds. The predicted octanol–water partition coefficient (Wildman–Crippen LogP) is 2.92. The van der Waals surface area contributed by atoms with E-state index in [4.69, 9.17) is 0 Å². The molecule has 0 aliphatic carbocycles. The molecule has 1 aromatic carbocycles. The van der Waals surface area contributed by atoms with Crippen molar-refractivity contribution in [3.8, 4) is 0 Å². The Kier molecular flexibility index (Phi) is 5.83. The number of benzene rings is 1. The normalized spacial score (nSPS) is 11.8. The lowest BCUT2D eigenvalue weighted by Crippen LogP contribution is -2.34. The van der Waals surface area contributed by atoms with Crippen molar-refractivity contribution in [2.24, 2.45) is 0 Å². The molecule has 6 heteroatoms. The van der Waals surface area contributed by atoms with E-state index in [1.807, 2.05) is 17.5 Å². The Balaban J connectivity index is 1.85. The maximum atomic E-state index is 11.9. The molecule has 0 bridgehead atoms. The van der Waals surface area contributed by atoms with Crippen LogP contribution in [0, 0.1) is 0 Å². The van der Waals surface area contributed by atoms with Gasteiger partial charge in [-0.1, -0.05) is 36.4 Å². The van der Waals surface area contributed by atoms with E-state index in [0.29, 0.717) is 5.56 Å². The molecule has 0 unspecified atom stereocenters. The van der Waals surface area contributed by atoms with Crippen molar-refractivity contribution in [3.05, 3.63) is 58.3 Å². The highest BCUT2D eigenvalue weighted by Crippen LogP contribution is 2.17. The number of aliphatic carboxylic acids is 1. The topological polar surface area (TPSA) is 66.4 Å². The van der Waals surface area contributed by atoms with Crippen LogP contribution in [-0.4, -0.2) is 22.7 Å². The van der Waals surface area contributed by atoms with Crippen molar-refractivity contribution in [2.75, 3.05) is 5.75 Å². The Hall–Kier alpha value is -1.79. The number of thiophene rings is 1. The molecular weight excluding hydrogens is 306 g/mol. The number of carboxylic acids is 1. The maximum Gasteiger partial charge on any atom is 0.330 e. The Bertz CT molecular complexity index is 584. The van der Waals surface area contributed by atoms with Crippen LogP contribution in [0.25, 0.3) is 0 Å². The van der Waals surface area contributed by atoms with Crippen LogP contribution in [-0.2, 0) is 15.3 Å². The molecule has 0 saturated heterocycles. The molecular formula is C15H15NO3S2. The van der Waals surface area contributed by atoms with Crippen LogP contribution in [0.2, 0.25) is 0 Å². The van der Waals surface area contributed by atoms with Crippen LogP contribution in [0.3, 0.4) is 0 Å². The average Bonchev–Trinajstić information content (AvgIpc) is 2.98. The molecule has 21 heavy (non-hydrogen) atoms. The summed E-state index contributed by atoms with van der Waals surface area (Å²) in [5.74, 6) is -0.325. The molecule has 1 atom stereocenters. The number of hydrogen-bond acceptors (Lipinski definition) is 4. The Morgan fingerprint density at radius 3 is 2.57 bits per heavy atom. The van der Waals surface area contributed by atoms with Crippen molar-refractivity contribution in [3.63, 3.8) is 0 Å². The van der Waals surface area contributed by atoms with E-state index in [1.165, 1.54) is 16.6 Å². The van der Waals surface area contributed by atoms with Gasteiger partial charge in [0.05, 0.1) is 5.75 Å². The number of carboxylic acid groups (broad SMARTS) is 1. The summed E-state index contributed by atoms with van der Waals surface area (Å²) in [4.78, 5) is 24.3. The first-order valence-electron chi connectivity index (χ1n) is 6.34. The minimum Gasteiger partial charge on any atom is -0.479 e. The van der Waals surface area contributed by atoms with Gasteiger partial charge in [-0.25, -0.2) is 4.79 Å². The molecule has 110 valence electrons. The first-order chi connectivity index (χ1) is 10.2. The zero-order valence-electron chi connectivity index (χ0n) is 11.2. The number of carbonyl (C=O) groups excluding carboxylic acids is 1. The smallest absolute Gasteiger partial charge is 0.330 e. The number of thioether (sulfide) groups is 1. The Morgan fingerprint density at radius 2 is 1.95 bits per heavy atom. The first kappa shape index (κ1) is 15.6. The monoisotopic (exact) mass is 321 g/mol. The van der Waals surface area contributed by atoms with Gasteiger partial charge in [0.2, 0.25) is 5.91 Å². The molecule has 0 spiro atoms. The van der Waals surface area contributed by atoms with E-state index in [-0.39, 0.29) is 11.7 Å². The zero-order chi connectivity index (χ0) is 15.1. The van der Waals surface area contributed by atoms with Crippen LogP contribution in [0.4, 0.5) is 0 Å².